The molecule has 0 aliphatic carbocycles. The number of nitrogens with zero attached hydrogens (tertiary/aromatic N) is 2. The molecule has 3 rings (SSSR count). The highest BCUT2D eigenvalue weighted by Gasteiger charge is 2.12. The van der Waals surface area contributed by atoms with Crippen LogP contribution in [0.2, 0.25) is 0 Å². The second-order valence-corrected chi connectivity index (χ2v) is 7.98. The van der Waals surface area contributed by atoms with Crippen LogP contribution in [0, 0.1) is 11.3 Å². The zero-order valence-electron chi connectivity index (χ0n) is 18.5. The minimum atomic E-state index is -0.359. The molecule has 170 valence electrons. The minimum absolute atomic E-state index is 0.0799. The van der Waals surface area contributed by atoms with Crippen molar-refractivity contribution in [1.29, 1.82) is 5.26 Å². The van der Waals surface area contributed by atoms with E-state index in [2.05, 4.69) is 15.6 Å². The van der Waals surface area contributed by atoms with E-state index in [1.807, 2.05) is 49.6 Å². The molecule has 2 N–H and O–H groups in total. The van der Waals surface area contributed by atoms with Crippen molar-refractivity contribution in [2.45, 2.75) is 26.8 Å². The predicted molar refractivity (Wildman–Crippen MR) is 126 cm³/mol. The van der Waals surface area contributed by atoms with E-state index in [0.29, 0.717) is 28.8 Å². The van der Waals surface area contributed by atoms with Crippen molar-refractivity contribution in [1.82, 2.24) is 10.3 Å². The molecule has 0 fully saturated rings. The number of anilines is 1. The normalized spacial score (nSPS) is 11.2. The van der Waals surface area contributed by atoms with Crippen molar-refractivity contribution in [3.8, 4) is 28.8 Å². The van der Waals surface area contributed by atoms with Gasteiger partial charge in [-0.05, 0) is 31.5 Å². The zero-order valence-corrected chi connectivity index (χ0v) is 19.4. The number of aromatic nitrogens is 1. The van der Waals surface area contributed by atoms with Crippen LogP contribution in [0.15, 0.2) is 47.8 Å². The Bertz CT molecular complexity index is 1170. The monoisotopic (exact) mass is 464 g/mol. The number of rotatable bonds is 9. The van der Waals surface area contributed by atoms with E-state index in [9.17, 15) is 9.59 Å². The lowest BCUT2D eigenvalue weighted by Crippen LogP contribution is -2.23. The molecule has 2 aromatic carbocycles. The maximum Gasteiger partial charge on any atom is 0.264 e. The van der Waals surface area contributed by atoms with Gasteiger partial charge in [-0.25, -0.2) is 4.98 Å². The summed E-state index contributed by atoms with van der Waals surface area (Å²) in [5, 5.41) is 16.9. The van der Waals surface area contributed by atoms with E-state index in [1.165, 1.54) is 18.3 Å². The number of benzene rings is 2. The number of thiazole rings is 1. The van der Waals surface area contributed by atoms with Gasteiger partial charge in [-0.15, -0.1) is 11.3 Å². The van der Waals surface area contributed by atoms with Crippen LogP contribution in [-0.4, -0.2) is 30.0 Å². The third kappa shape index (κ3) is 6.54. The lowest BCUT2D eigenvalue weighted by atomic mass is 10.1. The van der Waals surface area contributed by atoms with Crippen LogP contribution in [0.1, 0.15) is 37.9 Å². The van der Waals surface area contributed by atoms with Gasteiger partial charge in [0.15, 0.2) is 23.2 Å². The Morgan fingerprint density at radius 3 is 2.58 bits per heavy atom. The predicted octanol–water partition coefficient (Wildman–Crippen LogP) is 4.30. The molecule has 1 heterocycles. The highest BCUT2D eigenvalue weighted by molar-refractivity contribution is 7.14. The largest absolute Gasteiger partial charge is 0.490 e. The van der Waals surface area contributed by atoms with Crippen molar-refractivity contribution in [2.24, 2.45) is 0 Å². The van der Waals surface area contributed by atoms with Gasteiger partial charge >= 0.3 is 0 Å². The van der Waals surface area contributed by atoms with Crippen LogP contribution in [-0.2, 0) is 9.59 Å². The molecule has 0 spiro atoms. The second kappa shape index (κ2) is 11.1. The fraction of sp³-hybridized carbons (Fsp3) is 0.250. The van der Waals surface area contributed by atoms with E-state index in [0.717, 1.165) is 16.8 Å². The average molecular weight is 465 g/mol. The minimum Gasteiger partial charge on any atom is -0.490 e. The summed E-state index contributed by atoms with van der Waals surface area (Å²) < 4.78 is 11.1. The number of nitrogens with one attached hydrogen (secondary N) is 2. The summed E-state index contributed by atoms with van der Waals surface area (Å²) in [6.45, 7) is 5.42. The fourth-order valence-corrected chi connectivity index (χ4v) is 3.79. The highest BCUT2D eigenvalue weighted by atomic mass is 32.1. The summed E-state index contributed by atoms with van der Waals surface area (Å²) in [5.74, 6) is 0.363. The van der Waals surface area contributed by atoms with Crippen molar-refractivity contribution in [3.05, 3.63) is 59.0 Å². The van der Waals surface area contributed by atoms with Gasteiger partial charge in [-0.1, -0.05) is 24.3 Å². The molecular formula is C24H24N4O4S. The smallest absolute Gasteiger partial charge is 0.264 e. The van der Waals surface area contributed by atoms with Gasteiger partial charge in [0.2, 0.25) is 5.91 Å². The third-order valence-electron chi connectivity index (χ3n) is 4.61. The molecule has 8 nitrogen and oxygen atoms in total. The quantitative estimate of drug-likeness (QED) is 0.488. The van der Waals surface area contributed by atoms with Crippen LogP contribution in [0.25, 0.3) is 11.3 Å². The first kappa shape index (κ1) is 23.8. The molecule has 2 amide bonds. The number of ether oxygens (including phenoxy) is 2. The Balaban J connectivity index is 1.59. The molecule has 3 aromatic rings. The van der Waals surface area contributed by atoms with Crippen LogP contribution in [0.5, 0.6) is 11.5 Å². The van der Waals surface area contributed by atoms with Crippen molar-refractivity contribution < 1.29 is 19.1 Å². The van der Waals surface area contributed by atoms with E-state index < -0.39 is 0 Å². The van der Waals surface area contributed by atoms with Crippen molar-refractivity contribution >= 4 is 28.3 Å². The summed E-state index contributed by atoms with van der Waals surface area (Å²) in [4.78, 5) is 28.0. The first-order chi connectivity index (χ1) is 15.9. The van der Waals surface area contributed by atoms with Gasteiger partial charge in [0, 0.05) is 23.9 Å². The molecule has 0 aliphatic rings. The molecule has 0 unspecified atom stereocenters. The Kier molecular flexibility index (Phi) is 8.00. The third-order valence-corrected chi connectivity index (χ3v) is 5.37. The first-order valence-electron chi connectivity index (χ1n) is 10.3. The van der Waals surface area contributed by atoms with Gasteiger partial charge in [0.1, 0.15) is 0 Å². The molecule has 0 aliphatic heterocycles. The molecule has 0 bridgehead atoms. The number of carbonyl (C=O) groups excluding carboxylic acids is 2. The Morgan fingerprint density at radius 1 is 1.15 bits per heavy atom. The molecule has 0 saturated carbocycles. The van der Waals surface area contributed by atoms with Crippen molar-refractivity contribution in [3.63, 3.8) is 0 Å². The van der Waals surface area contributed by atoms with E-state index in [-0.39, 0.29) is 24.5 Å². The SMILES string of the molecule is CCOc1cc(C#N)ccc1OCC(=O)Nc1nc(-c2ccc([C@H](C)NC(C)=O)cc2)cs1. The highest BCUT2D eigenvalue weighted by Crippen LogP contribution is 2.29. The summed E-state index contributed by atoms with van der Waals surface area (Å²) >= 11 is 1.31. The fourth-order valence-electron chi connectivity index (χ4n) is 3.06. The number of hydrogen-bond acceptors (Lipinski definition) is 7. The standard InChI is InChI=1S/C24H24N4O4S/c1-4-31-22-11-17(12-25)5-10-21(22)32-13-23(30)28-24-27-20(14-33-24)19-8-6-18(7-9-19)15(2)26-16(3)29/h5-11,14-15H,4,13H2,1-3H3,(H,26,29)(H,27,28,30)/t15-/m0/s1. The van der Waals surface area contributed by atoms with Crippen LogP contribution < -0.4 is 20.1 Å². The molecule has 0 radical (unpaired) electrons. The number of hydrogen-bond donors (Lipinski definition) is 2. The second-order valence-electron chi connectivity index (χ2n) is 7.13. The number of amides is 2. The van der Waals surface area contributed by atoms with Crippen LogP contribution in [0.3, 0.4) is 0 Å². The average Bonchev–Trinajstić information content (AvgIpc) is 3.26. The summed E-state index contributed by atoms with van der Waals surface area (Å²) in [6, 6.07) is 14.5. The van der Waals surface area contributed by atoms with Crippen LogP contribution >= 0.6 is 11.3 Å². The molecule has 33 heavy (non-hydrogen) atoms. The molecule has 1 aromatic heterocycles. The lowest BCUT2D eigenvalue weighted by molar-refractivity contribution is -0.119. The van der Waals surface area contributed by atoms with Gasteiger partial charge in [-0.3, -0.25) is 14.9 Å². The zero-order chi connectivity index (χ0) is 23.8. The molecular weight excluding hydrogens is 440 g/mol. The Hall–Kier alpha value is -3.90. The van der Waals surface area contributed by atoms with Gasteiger partial charge in [0.05, 0.1) is 30.0 Å². The van der Waals surface area contributed by atoms with Crippen LogP contribution in [0.4, 0.5) is 5.13 Å². The topological polar surface area (TPSA) is 113 Å². The maximum absolute atomic E-state index is 12.3. The number of nitriles is 1. The summed E-state index contributed by atoms with van der Waals surface area (Å²) in [6.07, 6.45) is 0. The van der Waals surface area contributed by atoms with Crippen molar-refractivity contribution in [2.75, 3.05) is 18.5 Å². The van der Waals surface area contributed by atoms with E-state index in [1.54, 1.807) is 18.2 Å². The molecule has 1 atom stereocenters. The maximum atomic E-state index is 12.3. The van der Waals surface area contributed by atoms with Gasteiger partial charge in [0.25, 0.3) is 5.91 Å². The van der Waals surface area contributed by atoms with E-state index >= 15 is 0 Å². The Labute approximate surface area is 196 Å². The summed E-state index contributed by atoms with van der Waals surface area (Å²) in [5.41, 5.74) is 3.08. The summed E-state index contributed by atoms with van der Waals surface area (Å²) in [7, 11) is 0. The van der Waals surface area contributed by atoms with E-state index in [4.69, 9.17) is 14.7 Å². The first-order valence-corrected chi connectivity index (χ1v) is 11.2. The lowest BCUT2D eigenvalue weighted by Gasteiger charge is -2.13. The molecule has 0 saturated heterocycles. The van der Waals surface area contributed by atoms with Gasteiger partial charge in [-0.2, -0.15) is 5.26 Å². The molecule has 9 heteroatoms. The number of carbonyl (C=O) groups is 2. The van der Waals surface area contributed by atoms with Gasteiger partial charge < -0.3 is 14.8 Å². The Morgan fingerprint density at radius 2 is 1.91 bits per heavy atom.